The minimum atomic E-state index is -0.659. The zero-order valence-corrected chi connectivity index (χ0v) is 20.2. The Morgan fingerprint density at radius 2 is 1.78 bits per heavy atom. The van der Waals surface area contributed by atoms with Crippen LogP contribution < -0.4 is 0 Å². The first kappa shape index (κ1) is 25.6. The second-order valence-corrected chi connectivity index (χ2v) is 10.3. The van der Waals surface area contributed by atoms with E-state index in [2.05, 4.69) is 32.9 Å². The number of hydrogen-bond donors (Lipinski definition) is 2. The second kappa shape index (κ2) is 12.5. The molecule has 2 fully saturated rings. The fourth-order valence-corrected chi connectivity index (χ4v) is 5.29. The third-order valence-corrected chi connectivity index (χ3v) is 7.49. The molecule has 0 unspecified atom stereocenters. The van der Waals surface area contributed by atoms with E-state index in [0.29, 0.717) is 30.8 Å². The normalized spacial score (nSPS) is 32.7. The minimum absolute atomic E-state index is 0.0840. The molecular formula is C27H44O5. The third kappa shape index (κ3) is 7.26. The van der Waals surface area contributed by atoms with Gasteiger partial charge in [-0.3, -0.25) is 0 Å². The van der Waals surface area contributed by atoms with Gasteiger partial charge in [0.1, 0.15) is 0 Å². The average Bonchev–Trinajstić information content (AvgIpc) is 2.81. The SMILES string of the molecule is C[C@H](CCCOCc1ccccc1)[C@@H]1O[C@]2(CC[C@@H](C)[C@H](CC[C@H](O)CO)O2)CC[C@@H]1C. The second-order valence-electron chi connectivity index (χ2n) is 10.3. The lowest BCUT2D eigenvalue weighted by Crippen LogP contribution is -2.53. The summed E-state index contributed by atoms with van der Waals surface area (Å²) in [6.07, 6.45) is 7.19. The average molecular weight is 449 g/mol. The van der Waals surface area contributed by atoms with Crippen molar-refractivity contribution in [2.75, 3.05) is 13.2 Å². The summed E-state index contributed by atoms with van der Waals surface area (Å²) in [4.78, 5) is 0. The summed E-state index contributed by atoms with van der Waals surface area (Å²) in [5, 5.41) is 18.9. The zero-order valence-electron chi connectivity index (χ0n) is 20.2. The molecule has 5 heteroatoms. The smallest absolute Gasteiger partial charge is 0.169 e. The van der Waals surface area contributed by atoms with Crippen molar-refractivity contribution in [2.45, 2.75) is 103 Å². The van der Waals surface area contributed by atoms with Crippen molar-refractivity contribution in [3.63, 3.8) is 0 Å². The summed E-state index contributed by atoms with van der Waals surface area (Å²) < 4.78 is 19.2. The molecule has 1 aromatic rings. The lowest BCUT2D eigenvalue weighted by atomic mass is 9.80. The van der Waals surface area contributed by atoms with E-state index >= 15 is 0 Å². The fourth-order valence-electron chi connectivity index (χ4n) is 5.29. The zero-order chi connectivity index (χ0) is 23.0. The van der Waals surface area contributed by atoms with E-state index in [1.165, 1.54) is 5.56 Å². The van der Waals surface area contributed by atoms with E-state index < -0.39 is 11.9 Å². The number of benzene rings is 1. The molecule has 2 N–H and O–H groups in total. The molecule has 2 aliphatic heterocycles. The van der Waals surface area contributed by atoms with Crippen LogP contribution in [0, 0.1) is 17.8 Å². The minimum Gasteiger partial charge on any atom is -0.394 e. The molecule has 7 atom stereocenters. The number of aliphatic hydroxyl groups is 2. The van der Waals surface area contributed by atoms with Crippen LogP contribution in [0.2, 0.25) is 0 Å². The van der Waals surface area contributed by atoms with Gasteiger partial charge in [0.2, 0.25) is 0 Å². The molecule has 2 aliphatic rings. The monoisotopic (exact) mass is 448 g/mol. The maximum absolute atomic E-state index is 9.76. The molecule has 1 spiro atoms. The van der Waals surface area contributed by atoms with Crippen LogP contribution >= 0.6 is 0 Å². The largest absolute Gasteiger partial charge is 0.394 e. The van der Waals surface area contributed by atoms with Crippen LogP contribution in [0.15, 0.2) is 30.3 Å². The van der Waals surface area contributed by atoms with Gasteiger partial charge in [-0.05, 0) is 61.8 Å². The Bertz CT molecular complexity index is 649. The Labute approximate surface area is 194 Å². The van der Waals surface area contributed by atoms with Crippen LogP contribution in [-0.4, -0.2) is 47.5 Å². The van der Waals surface area contributed by atoms with Crippen LogP contribution in [0.5, 0.6) is 0 Å². The van der Waals surface area contributed by atoms with Gasteiger partial charge in [-0.2, -0.15) is 0 Å². The molecule has 5 nitrogen and oxygen atoms in total. The van der Waals surface area contributed by atoms with Crippen molar-refractivity contribution in [2.24, 2.45) is 17.8 Å². The Kier molecular flexibility index (Phi) is 9.99. The maximum atomic E-state index is 9.76. The van der Waals surface area contributed by atoms with Gasteiger partial charge >= 0.3 is 0 Å². The van der Waals surface area contributed by atoms with Gasteiger partial charge in [-0.1, -0.05) is 51.1 Å². The molecule has 32 heavy (non-hydrogen) atoms. The first-order chi connectivity index (χ1) is 15.4. The topological polar surface area (TPSA) is 68.2 Å². The van der Waals surface area contributed by atoms with Gasteiger partial charge in [-0.25, -0.2) is 0 Å². The van der Waals surface area contributed by atoms with Gasteiger partial charge < -0.3 is 24.4 Å². The quantitative estimate of drug-likeness (QED) is 0.462. The molecule has 0 bridgehead atoms. The van der Waals surface area contributed by atoms with Gasteiger partial charge in [0.15, 0.2) is 5.79 Å². The van der Waals surface area contributed by atoms with E-state index in [0.717, 1.165) is 51.6 Å². The molecule has 0 amide bonds. The van der Waals surface area contributed by atoms with E-state index in [1.807, 2.05) is 18.2 Å². The van der Waals surface area contributed by atoms with Gasteiger partial charge in [0.05, 0.1) is 31.5 Å². The first-order valence-corrected chi connectivity index (χ1v) is 12.7. The summed E-state index contributed by atoms with van der Waals surface area (Å²) >= 11 is 0. The van der Waals surface area contributed by atoms with Crippen LogP contribution in [-0.2, 0) is 20.8 Å². The van der Waals surface area contributed by atoms with Gasteiger partial charge in [0, 0.05) is 19.4 Å². The molecule has 3 rings (SSSR count). The Morgan fingerprint density at radius 3 is 2.50 bits per heavy atom. The Morgan fingerprint density at radius 1 is 1.06 bits per heavy atom. The summed E-state index contributed by atoms with van der Waals surface area (Å²) in [7, 11) is 0. The molecule has 1 aromatic carbocycles. The number of rotatable bonds is 11. The molecule has 182 valence electrons. The lowest BCUT2D eigenvalue weighted by Gasteiger charge is -2.51. The predicted molar refractivity (Wildman–Crippen MR) is 126 cm³/mol. The fraction of sp³-hybridized carbons (Fsp3) is 0.778. The van der Waals surface area contributed by atoms with Crippen LogP contribution in [0.4, 0.5) is 0 Å². The highest BCUT2D eigenvalue weighted by atomic mass is 16.7. The molecule has 2 saturated heterocycles. The van der Waals surface area contributed by atoms with E-state index in [1.54, 1.807) is 0 Å². The highest BCUT2D eigenvalue weighted by Crippen LogP contribution is 2.45. The summed E-state index contributed by atoms with van der Waals surface area (Å²) in [5.41, 5.74) is 1.22. The Hall–Kier alpha value is -0.980. The first-order valence-electron chi connectivity index (χ1n) is 12.7. The molecule has 0 aliphatic carbocycles. The van der Waals surface area contributed by atoms with Crippen LogP contribution in [0.3, 0.4) is 0 Å². The lowest BCUT2D eigenvalue weighted by molar-refractivity contribution is -0.338. The number of ether oxygens (including phenoxy) is 3. The third-order valence-electron chi connectivity index (χ3n) is 7.49. The van der Waals surface area contributed by atoms with Crippen molar-refractivity contribution >= 4 is 0 Å². The maximum Gasteiger partial charge on any atom is 0.169 e. The summed E-state index contributed by atoms with van der Waals surface area (Å²) in [6, 6.07) is 10.3. The van der Waals surface area contributed by atoms with E-state index in [-0.39, 0.29) is 18.8 Å². The molecular weight excluding hydrogens is 404 g/mol. The molecule has 0 saturated carbocycles. The number of hydrogen-bond acceptors (Lipinski definition) is 5. The van der Waals surface area contributed by atoms with Crippen molar-refractivity contribution in [1.82, 2.24) is 0 Å². The van der Waals surface area contributed by atoms with Crippen molar-refractivity contribution in [3.8, 4) is 0 Å². The number of aliphatic hydroxyl groups excluding tert-OH is 2. The van der Waals surface area contributed by atoms with Crippen LogP contribution in [0.25, 0.3) is 0 Å². The highest BCUT2D eigenvalue weighted by molar-refractivity contribution is 5.13. The summed E-state index contributed by atoms with van der Waals surface area (Å²) in [6.45, 7) is 8.10. The van der Waals surface area contributed by atoms with Crippen LogP contribution in [0.1, 0.15) is 77.7 Å². The van der Waals surface area contributed by atoms with Crippen molar-refractivity contribution in [3.05, 3.63) is 35.9 Å². The molecule has 2 heterocycles. The molecule has 0 radical (unpaired) electrons. The highest BCUT2D eigenvalue weighted by Gasteiger charge is 2.47. The van der Waals surface area contributed by atoms with Gasteiger partial charge in [0.25, 0.3) is 0 Å². The summed E-state index contributed by atoms with van der Waals surface area (Å²) in [5.74, 6) is 0.960. The molecule has 0 aromatic heterocycles. The van der Waals surface area contributed by atoms with E-state index in [9.17, 15) is 5.11 Å². The standard InChI is InChI=1S/C27H44O5/c1-20-13-15-27(31-25(20)12-11-24(29)18-28)16-14-22(3)26(32-27)21(2)8-7-17-30-19-23-9-5-4-6-10-23/h4-6,9-10,20-22,24-26,28-29H,7-8,11-19H2,1-3H3/t20-,21-,22+,24+,25+,26+,27-/m1/s1. The predicted octanol–water partition coefficient (Wildman–Crippen LogP) is 5.08. The van der Waals surface area contributed by atoms with E-state index in [4.69, 9.17) is 19.3 Å². The van der Waals surface area contributed by atoms with Crippen molar-refractivity contribution in [1.29, 1.82) is 0 Å². The van der Waals surface area contributed by atoms with Gasteiger partial charge in [-0.15, -0.1) is 0 Å². The van der Waals surface area contributed by atoms with Crippen molar-refractivity contribution < 1.29 is 24.4 Å². The Balaban J connectivity index is 1.46.